The SMILES string of the molecule is CC.C[C@]1(c2ccc(O)cc2)CSc2cc(O)ccc2C1CCCOc1ccc(OCCSCCCC(F)(F)C(F)(F)F)cc1. The predicted octanol–water partition coefficient (Wildman–Crippen LogP) is 10.2. The first-order valence-corrected chi connectivity index (χ1v) is 17.2. The molecular weight excluding hydrogens is 631 g/mol. The van der Waals surface area contributed by atoms with Crippen molar-refractivity contribution in [3.63, 3.8) is 0 Å². The van der Waals surface area contributed by atoms with Gasteiger partial charge in [0.2, 0.25) is 0 Å². The topological polar surface area (TPSA) is 58.9 Å². The molecule has 248 valence electrons. The van der Waals surface area contributed by atoms with Crippen molar-refractivity contribution >= 4 is 23.5 Å². The summed E-state index contributed by atoms with van der Waals surface area (Å²) in [5.41, 5.74) is 2.18. The minimum Gasteiger partial charge on any atom is -0.508 e. The third kappa shape index (κ3) is 10.1. The highest BCUT2D eigenvalue weighted by Crippen LogP contribution is 2.52. The molecule has 1 aliphatic heterocycles. The molecule has 4 rings (SSSR count). The van der Waals surface area contributed by atoms with Crippen molar-refractivity contribution in [1.82, 2.24) is 0 Å². The van der Waals surface area contributed by atoms with Gasteiger partial charge in [0.15, 0.2) is 0 Å². The number of phenols is 2. The summed E-state index contributed by atoms with van der Waals surface area (Å²) in [6, 6.07) is 20.1. The van der Waals surface area contributed by atoms with E-state index < -0.39 is 18.5 Å². The smallest absolute Gasteiger partial charge is 0.453 e. The largest absolute Gasteiger partial charge is 0.508 e. The highest BCUT2D eigenvalue weighted by molar-refractivity contribution is 7.99. The lowest BCUT2D eigenvalue weighted by molar-refractivity contribution is -0.284. The summed E-state index contributed by atoms with van der Waals surface area (Å²) in [5, 5.41) is 19.8. The molecule has 45 heavy (non-hydrogen) atoms. The number of rotatable bonds is 14. The zero-order valence-corrected chi connectivity index (χ0v) is 27.3. The molecule has 2 atom stereocenters. The number of phenolic OH excluding ortho intramolecular Hbond substituents is 2. The van der Waals surface area contributed by atoms with E-state index in [1.165, 1.54) is 17.3 Å². The summed E-state index contributed by atoms with van der Waals surface area (Å²) in [6.45, 7) is 7.06. The highest BCUT2D eigenvalue weighted by Gasteiger charge is 2.56. The molecule has 0 amide bonds. The molecule has 0 bridgehead atoms. The van der Waals surface area contributed by atoms with Crippen LogP contribution in [-0.4, -0.2) is 52.8 Å². The van der Waals surface area contributed by atoms with Crippen LogP contribution < -0.4 is 9.47 Å². The summed E-state index contributed by atoms with van der Waals surface area (Å²) < 4.78 is 74.1. The zero-order chi connectivity index (χ0) is 33.1. The van der Waals surface area contributed by atoms with Crippen molar-refractivity contribution in [3.05, 3.63) is 77.9 Å². The molecule has 3 aromatic carbocycles. The van der Waals surface area contributed by atoms with Crippen molar-refractivity contribution in [2.24, 2.45) is 0 Å². The Morgan fingerprint density at radius 2 is 1.42 bits per heavy atom. The van der Waals surface area contributed by atoms with E-state index in [1.807, 2.05) is 38.1 Å². The second-order valence-corrected chi connectivity index (χ2v) is 13.0. The quantitative estimate of drug-likeness (QED) is 0.131. The van der Waals surface area contributed by atoms with Crippen LogP contribution in [0.25, 0.3) is 0 Å². The lowest BCUT2D eigenvalue weighted by Gasteiger charge is -2.43. The van der Waals surface area contributed by atoms with Crippen LogP contribution in [0.2, 0.25) is 0 Å². The number of ether oxygens (including phenoxy) is 2. The normalized spacial score (nSPS) is 18.0. The van der Waals surface area contributed by atoms with Crippen LogP contribution in [0.15, 0.2) is 71.6 Å². The Morgan fingerprint density at radius 3 is 2.04 bits per heavy atom. The van der Waals surface area contributed by atoms with Crippen molar-refractivity contribution in [2.75, 3.05) is 30.5 Å². The minimum absolute atomic E-state index is 0.173. The van der Waals surface area contributed by atoms with Crippen LogP contribution in [0.4, 0.5) is 22.0 Å². The molecule has 0 radical (unpaired) electrons. The molecule has 0 aliphatic carbocycles. The summed E-state index contributed by atoms with van der Waals surface area (Å²) in [5.74, 6) is -1.16. The zero-order valence-electron chi connectivity index (χ0n) is 25.7. The minimum atomic E-state index is -5.50. The summed E-state index contributed by atoms with van der Waals surface area (Å²) in [6.07, 6.45) is -5.27. The standard InChI is InChI=1S/C32H35F5O4S2.C2H6/c1-30(22-5-7-23(38)8-6-22)21-43-29-20-24(39)9-14-27(29)28(30)4-2-16-40-25-10-12-26(13-11-25)41-17-19-42-18-3-15-31(33,34)32(35,36)37;1-2/h5-14,20,28,38-39H,2-4,15-19,21H2,1H3;1-2H3/t28?,30-;/m1./s1. The van der Waals surface area contributed by atoms with Gasteiger partial charge < -0.3 is 19.7 Å². The maximum atomic E-state index is 12.9. The summed E-state index contributed by atoms with van der Waals surface area (Å²) >= 11 is 3.00. The number of fused-ring (bicyclic) bond motifs is 1. The monoisotopic (exact) mass is 672 g/mol. The first-order chi connectivity index (χ1) is 21.4. The van der Waals surface area contributed by atoms with Crippen LogP contribution in [-0.2, 0) is 5.41 Å². The third-order valence-electron chi connectivity index (χ3n) is 7.62. The van der Waals surface area contributed by atoms with Crippen LogP contribution in [0.5, 0.6) is 23.0 Å². The van der Waals surface area contributed by atoms with Gasteiger partial charge in [0, 0.05) is 28.2 Å². The van der Waals surface area contributed by atoms with Gasteiger partial charge in [0.05, 0.1) is 13.2 Å². The molecule has 1 heterocycles. The van der Waals surface area contributed by atoms with E-state index in [0.29, 0.717) is 30.5 Å². The molecule has 1 aliphatic rings. The highest BCUT2D eigenvalue weighted by atomic mass is 32.2. The van der Waals surface area contributed by atoms with Crippen molar-refractivity contribution in [1.29, 1.82) is 0 Å². The Balaban J connectivity index is 0.00000271. The van der Waals surface area contributed by atoms with E-state index in [1.54, 1.807) is 54.2 Å². The van der Waals surface area contributed by atoms with Crippen LogP contribution in [0, 0.1) is 0 Å². The van der Waals surface area contributed by atoms with Crippen LogP contribution in [0.1, 0.15) is 63.5 Å². The van der Waals surface area contributed by atoms with Gasteiger partial charge in [-0.3, -0.25) is 0 Å². The first kappa shape index (κ1) is 36.7. The Labute approximate surface area is 270 Å². The van der Waals surface area contributed by atoms with E-state index in [-0.39, 0.29) is 35.0 Å². The van der Waals surface area contributed by atoms with Gasteiger partial charge in [-0.25, -0.2) is 0 Å². The number of benzene rings is 3. The summed E-state index contributed by atoms with van der Waals surface area (Å²) in [4.78, 5) is 1.08. The van der Waals surface area contributed by atoms with Gasteiger partial charge in [-0.05, 0) is 90.6 Å². The lowest BCUT2D eigenvalue weighted by Crippen LogP contribution is -2.36. The van der Waals surface area contributed by atoms with E-state index in [4.69, 9.17) is 9.47 Å². The molecule has 2 N–H and O–H groups in total. The Hall–Kier alpha value is -2.79. The number of hydrogen-bond acceptors (Lipinski definition) is 6. The number of halogens is 5. The van der Waals surface area contributed by atoms with E-state index in [0.717, 1.165) is 29.1 Å². The van der Waals surface area contributed by atoms with E-state index >= 15 is 0 Å². The molecule has 0 spiro atoms. The van der Waals surface area contributed by atoms with E-state index in [2.05, 4.69) is 6.92 Å². The molecule has 0 aromatic heterocycles. The second kappa shape index (κ2) is 16.7. The molecule has 0 saturated heterocycles. The number of hydrogen-bond donors (Lipinski definition) is 2. The number of thioether (sulfide) groups is 2. The maximum Gasteiger partial charge on any atom is 0.453 e. The Kier molecular flexibility index (Phi) is 13.6. The molecular formula is C34H41F5O4S2. The average Bonchev–Trinajstić information content (AvgIpc) is 3.01. The number of aromatic hydroxyl groups is 2. The number of alkyl halides is 5. The predicted molar refractivity (Wildman–Crippen MR) is 173 cm³/mol. The Bertz CT molecular complexity index is 1320. The van der Waals surface area contributed by atoms with Crippen molar-refractivity contribution in [3.8, 4) is 23.0 Å². The molecule has 0 fully saturated rings. The van der Waals surface area contributed by atoms with Gasteiger partial charge in [-0.1, -0.05) is 39.0 Å². The van der Waals surface area contributed by atoms with Gasteiger partial charge in [0.1, 0.15) is 23.0 Å². The maximum absolute atomic E-state index is 12.9. The molecule has 1 unspecified atom stereocenters. The first-order valence-electron chi connectivity index (χ1n) is 15.0. The van der Waals surface area contributed by atoms with E-state index in [9.17, 15) is 32.2 Å². The fraction of sp³-hybridized carbons (Fsp3) is 0.471. The fourth-order valence-corrected chi connectivity index (χ4v) is 7.33. The van der Waals surface area contributed by atoms with Gasteiger partial charge in [-0.15, -0.1) is 11.8 Å². The Morgan fingerprint density at radius 1 is 0.822 bits per heavy atom. The molecule has 3 aromatic rings. The fourth-order valence-electron chi connectivity index (χ4n) is 5.18. The van der Waals surface area contributed by atoms with Crippen LogP contribution in [0.3, 0.4) is 0 Å². The summed E-state index contributed by atoms with van der Waals surface area (Å²) in [7, 11) is 0. The van der Waals surface area contributed by atoms with Gasteiger partial charge in [-0.2, -0.15) is 33.7 Å². The van der Waals surface area contributed by atoms with Crippen molar-refractivity contribution < 1.29 is 41.6 Å². The lowest BCUT2D eigenvalue weighted by atomic mass is 9.68. The van der Waals surface area contributed by atoms with Gasteiger partial charge >= 0.3 is 12.1 Å². The molecule has 11 heteroatoms. The second-order valence-electron chi connectivity index (χ2n) is 10.8. The van der Waals surface area contributed by atoms with Crippen LogP contribution >= 0.6 is 23.5 Å². The van der Waals surface area contributed by atoms with Gasteiger partial charge in [0.25, 0.3) is 0 Å². The van der Waals surface area contributed by atoms with Crippen molar-refractivity contribution in [2.45, 2.75) is 74.8 Å². The third-order valence-corrected chi connectivity index (χ3v) is 10.1. The molecule has 4 nitrogen and oxygen atoms in total. The molecule has 0 saturated carbocycles. The average molecular weight is 673 g/mol.